The average Bonchev–Trinajstić information content (AvgIpc) is 3.74. The van der Waals surface area contributed by atoms with Crippen molar-refractivity contribution in [1.82, 2.24) is 19.7 Å². The summed E-state index contributed by atoms with van der Waals surface area (Å²) in [6.45, 7) is 14.7. The van der Waals surface area contributed by atoms with E-state index in [4.69, 9.17) is 28.5 Å². The van der Waals surface area contributed by atoms with Crippen molar-refractivity contribution in [2.45, 2.75) is 142 Å². The molecule has 0 spiro atoms. The van der Waals surface area contributed by atoms with Gasteiger partial charge in [0.1, 0.15) is 36.0 Å². The molecule has 0 aliphatic carbocycles. The zero-order chi connectivity index (χ0) is 44.1. The number of ether oxygens (including phenoxy) is 5. The summed E-state index contributed by atoms with van der Waals surface area (Å²) in [6, 6.07) is 5.13. The number of hydrogen-bond donors (Lipinski definition) is 2. The monoisotopic (exact) mass is 840 g/mol. The number of carbonyl (C=O) groups is 3. The van der Waals surface area contributed by atoms with Gasteiger partial charge in [0.25, 0.3) is 0 Å². The number of likely N-dealkylation sites (N-methyl/N-ethyl adjacent to an activating group) is 1. The minimum absolute atomic E-state index is 0.0440. The first-order chi connectivity index (χ1) is 28.3. The van der Waals surface area contributed by atoms with E-state index in [-0.39, 0.29) is 50.5 Å². The van der Waals surface area contributed by atoms with Crippen LogP contribution in [0.1, 0.15) is 87.1 Å². The van der Waals surface area contributed by atoms with Gasteiger partial charge in [-0.2, -0.15) is 5.10 Å². The fourth-order valence-electron chi connectivity index (χ4n) is 8.85. The maximum absolute atomic E-state index is 14.5. The lowest BCUT2D eigenvalue weighted by Crippen LogP contribution is -2.60. The third-order valence-corrected chi connectivity index (χ3v) is 12.1. The van der Waals surface area contributed by atoms with E-state index in [1.807, 2.05) is 38.9 Å². The van der Waals surface area contributed by atoms with Crippen LogP contribution >= 0.6 is 0 Å². The standard InChI is InChI=1S/C43H64N6O11/c1-12-33-43(9,54)39-26(4)35(46-29(7)50)24(2)19-42(8,56-23-31(22-55-39)47-57-21-30-14-15-34(44-20-30)49-17-13-16-45-49)38(27(5)36(51)28(6)40(53)59-33)60-41-37(52)32(48(10)11)18-25(3)58-41/h13-17,20,24-28,32-33,37-39,41,52,54H,12,18-19,21-23H2,1-11H3/b46-35?,47-31+/t24-,25-,26+,27+,28-,32+,33-,37-,38-,39?,41+,42-,43-/m1/s1. The van der Waals surface area contributed by atoms with Crippen LogP contribution < -0.4 is 0 Å². The van der Waals surface area contributed by atoms with E-state index < -0.39 is 83.2 Å². The van der Waals surface area contributed by atoms with E-state index >= 15 is 0 Å². The molecule has 17 nitrogen and oxygen atoms in total. The van der Waals surface area contributed by atoms with Crippen LogP contribution in [0.15, 0.2) is 46.9 Å². The number of carbonyl (C=O) groups excluding carboxylic acids is 3. The van der Waals surface area contributed by atoms with Crippen LogP contribution in [-0.2, 0) is 49.5 Å². The number of hydrogen-bond acceptors (Lipinski definition) is 15. The van der Waals surface area contributed by atoms with E-state index in [1.54, 1.807) is 63.1 Å². The highest BCUT2D eigenvalue weighted by Crippen LogP contribution is 2.40. The lowest BCUT2D eigenvalue weighted by Gasteiger charge is -2.47. The van der Waals surface area contributed by atoms with Gasteiger partial charge in [0.05, 0.1) is 37.1 Å². The molecule has 60 heavy (non-hydrogen) atoms. The number of cyclic esters (lactones) is 1. The number of aromatic nitrogens is 3. The molecule has 5 rings (SSSR count). The van der Waals surface area contributed by atoms with E-state index in [2.05, 4.69) is 20.2 Å². The van der Waals surface area contributed by atoms with Crippen molar-refractivity contribution in [3.8, 4) is 5.82 Å². The maximum Gasteiger partial charge on any atom is 0.316 e. The molecule has 3 aliphatic heterocycles. The molecule has 2 N–H and O–H groups in total. The number of aliphatic hydroxyl groups excluding tert-OH is 1. The molecule has 5 heterocycles. The second-order valence-electron chi connectivity index (χ2n) is 17.3. The molecule has 1 amide bonds. The summed E-state index contributed by atoms with van der Waals surface area (Å²) in [5, 5.41) is 32.8. The molecule has 2 aromatic rings. The number of Topliss-reactive ketones (excluding diaryl/α,β-unsaturated/α-hetero) is 1. The van der Waals surface area contributed by atoms with Gasteiger partial charge in [0, 0.05) is 54.7 Å². The molecular formula is C43H64N6O11. The minimum atomic E-state index is -1.86. The van der Waals surface area contributed by atoms with E-state index in [0.29, 0.717) is 18.0 Å². The number of ketones is 1. The molecule has 332 valence electrons. The summed E-state index contributed by atoms with van der Waals surface area (Å²) in [7, 11) is 3.73. The van der Waals surface area contributed by atoms with Crippen molar-refractivity contribution in [2.75, 3.05) is 27.3 Å². The van der Waals surface area contributed by atoms with E-state index in [0.717, 1.165) is 5.56 Å². The summed E-state index contributed by atoms with van der Waals surface area (Å²) in [5.41, 5.74) is -1.84. The molecular weight excluding hydrogens is 777 g/mol. The molecule has 2 aromatic heterocycles. The van der Waals surface area contributed by atoms with Crippen molar-refractivity contribution in [3.05, 3.63) is 42.4 Å². The summed E-state index contributed by atoms with van der Waals surface area (Å²) in [4.78, 5) is 58.0. The Morgan fingerprint density at radius 1 is 1.10 bits per heavy atom. The van der Waals surface area contributed by atoms with Gasteiger partial charge in [-0.05, 0) is 79.1 Å². The first kappa shape index (κ1) is 47.1. The number of aliphatic imine (C=N–C) groups is 1. The number of pyridine rings is 1. The number of rotatable bonds is 8. The number of aliphatic hydroxyl groups is 2. The van der Waals surface area contributed by atoms with Crippen LogP contribution in [0, 0.1) is 23.7 Å². The molecule has 3 aliphatic rings. The lowest BCUT2D eigenvalue weighted by atomic mass is 9.73. The van der Waals surface area contributed by atoms with Crippen LogP contribution in [0.2, 0.25) is 0 Å². The maximum atomic E-state index is 14.5. The Labute approximate surface area is 352 Å². The fourth-order valence-corrected chi connectivity index (χ4v) is 8.85. The summed E-state index contributed by atoms with van der Waals surface area (Å²) in [6.07, 6.45) is -0.0360. The SMILES string of the molecule is CC[C@H]1OC(=O)[C@H](C)C(=O)[C@H](C)[C@@H](O[C@@H]2O[C@H](C)C[C@H](N(C)C)[C@H]2O)[C@@]2(C)C[C@@H](C)C(=NC(C)=O)[C@H](C)C(OC/C(=N\OCc3ccc(-n4cccn4)nc3)CO2)[C@]1(C)O. The predicted octanol–water partition coefficient (Wildman–Crippen LogP) is 3.70. The third kappa shape index (κ3) is 10.7. The predicted molar refractivity (Wildman–Crippen MR) is 220 cm³/mol. The van der Waals surface area contributed by atoms with E-state index in [1.165, 1.54) is 20.8 Å². The fraction of sp³-hybridized carbons (Fsp3) is 0.698. The molecule has 13 atom stereocenters. The molecule has 0 radical (unpaired) electrons. The highest BCUT2D eigenvalue weighted by Gasteiger charge is 2.53. The van der Waals surface area contributed by atoms with Gasteiger partial charge in [0.15, 0.2) is 17.9 Å². The topological polar surface area (TPSA) is 206 Å². The van der Waals surface area contributed by atoms with Crippen molar-refractivity contribution < 1.29 is 53.1 Å². The van der Waals surface area contributed by atoms with Crippen LogP contribution in [0.5, 0.6) is 0 Å². The number of oxime groups is 1. The van der Waals surface area contributed by atoms with E-state index in [9.17, 15) is 24.6 Å². The molecule has 3 fully saturated rings. The summed E-state index contributed by atoms with van der Waals surface area (Å²) < 4.78 is 34.1. The smallest absolute Gasteiger partial charge is 0.316 e. The Morgan fingerprint density at radius 3 is 2.45 bits per heavy atom. The van der Waals surface area contributed by atoms with Gasteiger partial charge in [-0.1, -0.05) is 38.9 Å². The highest BCUT2D eigenvalue weighted by molar-refractivity contribution is 6.00. The van der Waals surface area contributed by atoms with Crippen LogP contribution in [0.3, 0.4) is 0 Å². The Morgan fingerprint density at radius 2 is 1.83 bits per heavy atom. The van der Waals surface area contributed by atoms with Gasteiger partial charge in [0.2, 0.25) is 5.91 Å². The molecule has 17 heteroatoms. The van der Waals surface area contributed by atoms with Crippen LogP contribution in [0.25, 0.3) is 5.82 Å². The molecule has 0 saturated carbocycles. The molecule has 3 saturated heterocycles. The Balaban J connectivity index is 1.63. The summed E-state index contributed by atoms with van der Waals surface area (Å²) >= 11 is 0. The molecule has 2 bridgehead atoms. The van der Waals surface area contributed by atoms with Gasteiger partial charge in [-0.25, -0.2) is 14.7 Å². The number of nitrogens with zero attached hydrogens (tertiary/aromatic N) is 6. The van der Waals surface area contributed by atoms with Crippen LogP contribution in [0.4, 0.5) is 0 Å². The second-order valence-corrected chi connectivity index (χ2v) is 17.3. The zero-order valence-electron chi connectivity index (χ0n) is 36.8. The average molecular weight is 841 g/mol. The number of fused-ring (bicyclic) bond motifs is 5. The zero-order valence-corrected chi connectivity index (χ0v) is 36.8. The lowest BCUT2D eigenvalue weighted by molar-refractivity contribution is -0.296. The Kier molecular flexibility index (Phi) is 15.6. The van der Waals surface area contributed by atoms with Crippen molar-refractivity contribution in [1.29, 1.82) is 0 Å². The molecule has 0 aromatic carbocycles. The van der Waals surface area contributed by atoms with Gasteiger partial charge >= 0.3 is 5.97 Å². The van der Waals surface area contributed by atoms with Gasteiger partial charge < -0.3 is 43.6 Å². The van der Waals surface area contributed by atoms with Crippen LogP contribution in [-0.4, -0.2) is 140 Å². The largest absolute Gasteiger partial charge is 0.459 e. The Bertz CT molecular complexity index is 1840. The normalized spacial score (nSPS) is 37.6. The minimum Gasteiger partial charge on any atom is -0.459 e. The highest BCUT2D eigenvalue weighted by atomic mass is 16.7. The number of amides is 1. The van der Waals surface area contributed by atoms with Gasteiger partial charge in [-0.15, -0.1) is 0 Å². The molecule has 1 unspecified atom stereocenters. The van der Waals surface area contributed by atoms with Crippen molar-refractivity contribution in [3.63, 3.8) is 0 Å². The Hall–Kier alpha value is -3.97. The quantitative estimate of drug-likeness (QED) is 0.221. The third-order valence-electron chi connectivity index (χ3n) is 12.1. The number of esters is 1. The second kappa shape index (κ2) is 19.8. The first-order valence-corrected chi connectivity index (χ1v) is 20.9. The summed E-state index contributed by atoms with van der Waals surface area (Å²) in [5.74, 6) is -4.71. The van der Waals surface area contributed by atoms with Crippen molar-refractivity contribution in [2.24, 2.45) is 33.8 Å². The van der Waals surface area contributed by atoms with Gasteiger partial charge in [-0.3, -0.25) is 14.4 Å². The van der Waals surface area contributed by atoms with Crippen molar-refractivity contribution >= 4 is 29.1 Å². The first-order valence-electron chi connectivity index (χ1n) is 20.9.